The first-order valence-electron chi connectivity index (χ1n) is 20.9. The van der Waals surface area contributed by atoms with Crippen molar-refractivity contribution in [1.82, 2.24) is 23.9 Å². The van der Waals surface area contributed by atoms with Gasteiger partial charge in [-0.3, -0.25) is 4.57 Å². The molecule has 6 heteroatoms. The van der Waals surface area contributed by atoms with Crippen LogP contribution in [0.2, 0.25) is 0 Å². The summed E-state index contributed by atoms with van der Waals surface area (Å²) in [5.74, 6) is 1.59. The molecule has 13 rings (SSSR count). The molecule has 0 N–H and O–H groups in total. The highest BCUT2D eigenvalue weighted by Crippen LogP contribution is 2.43. The van der Waals surface area contributed by atoms with Gasteiger partial charge in [-0.2, -0.15) is 0 Å². The Bertz CT molecular complexity index is 3810. The highest BCUT2D eigenvalue weighted by atomic mass is 16.3. The maximum absolute atomic E-state index is 6.38. The molecule has 0 bridgehead atoms. The zero-order valence-corrected chi connectivity index (χ0v) is 33.4. The van der Waals surface area contributed by atoms with Gasteiger partial charge in [0.15, 0.2) is 11.6 Å². The van der Waals surface area contributed by atoms with Crippen molar-refractivity contribution in [3.05, 3.63) is 212 Å². The van der Waals surface area contributed by atoms with Gasteiger partial charge in [0.2, 0.25) is 0 Å². The zero-order valence-electron chi connectivity index (χ0n) is 33.4. The molecule has 4 aromatic heterocycles. The second-order valence-corrected chi connectivity index (χ2v) is 15.8. The highest BCUT2D eigenvalue weighted by molar-refractivity contribution is 6.27. The van der Waals surface area contributed by atoms with E-state index in [0.717, 1.165) is 100 Å². The number of hydrogen-bond acceptors (Lipinski definition) is 3. The second kappa shape index (κ2) is 13.5. The molecular formula is C56H35N5O. The van der Waals surface area contributed by atoms with Gasteiger partial charge >= 0.3 is 0 Å². The van der Waals surface area contributed by atoms with Crippen LogP contribution >= 0.6 is 0 Å². The van der Waals surface area contributed by atoms with E-state index in [1.165, 1.54) is 16.2 Å². The molecule has 0 saturated carbocycles. The van der Waals surface area contributed by atoms with E-state index in [9.17, 15) is 0 Å². The SMILES string of the molecule is c1ccc(-c2nnc(-c3ccccc3)n2-c2ccc3c(c2)c2ccccc2n3-c2cccc(-c3ccccc3-n3c4ccccc4c4c5c(ccc43)oc3ccccc35)c2)cc1. The van der Waals surface area contributed by atoms with Crippen LogP contribution < -0.4 is 0 Å². The Kier molecular flexibility index (Phi) is 7.50. The van der Waals surface area contributed by atoms with E-state index in [1.807, 2.05) is 42.5 Å². The summed E-state index contributed by atoms with van der Waals surface area (Å²) in [5.41, 5.74) is 13.8. The predicted octanol–water partition coefficient (Wildman–Crippen LogP) is 14.4. The summed E-state index contributed by atoms with van der Waals surface area (Å²) in [7, 11) is 0. The van der Waals surface area contributed by atoms with Crippen LogP contribution in [0.15, 0.2) is 217 Å². The lowest BCUT2D eigenvalue weighted by atomic mass is 10.0. The van der Waals surface area contributed by atoms with Gasteiger partial charge in [0.1, 0.15) is 11.2 Å². The van der Waals surface area contributed by atoms with Crippen LogP contribution in [0.4, 0.5) is 0 Å². The fourth-order valence-corrected chi connectivity index (χ4v) is 9.71. The van der Waals surface area contributed by atoms with E-state index in [2.05, 4.69) is 184 Å². The summed E-state index contributed by atoms with van der Waals surface area (Å²) < 4.78 is 13.4. The summed E-state index contributed by atoms with van der Waals surface area (Å²) in [4.78, 5) is 0. The Morgan fingerprint density at radius 1 is 0.323 bits per heavy atom. The highest BCUT2D eigenvalue weighted by Gasteiger charge is 2.22. The number of furan rings is 1. The van der Waals surface area contributed by atoms with Gasteiger partial charge in [-0.15, -0.1) is 10.2 Å². The minimum atomic E-state index is 0.796. The largest absolute Gasteiger partial charge is 0.456 e. The molecule has 0 atom stereocenters. The van der Waals surface area contributed by atoms with E-state index in [1.54, 1.807) is 0 Å². The molecule has 0 amide bonds. The smallest absolute Gasteiger partial charge is 0.168 e. The molecule has 6 nitrogen and oxygen atoms in total. The zero-order chi connectivity index (χ0) is 40.7. The van der Waals surface area contributed by atoms with Crippen LogP contribution in [0.5, 0.6) is 0 Å². The molecule has 0 spiro atoms. The summed E-state index contributed by atoms with van der Waals surface area (Å²) in [5, 5.41) is 16.5. The lowest BCUT2D eigenvalue weighted by Crippen LogP contribution is -2.01. The lowest BCUT2D eigenvalue weighted by Gasteiger charge is -2.16. The Morgan fingerprint density at radius 2 is 0.903 bits per heavy atom. The van der Waals surface area contributed by atoms with Crippen LogP contribution in [0.1, 0.15) is 0 Å². The number of benzene rings is 9. The molecule has 0 unspecified atom stereocenters. The Balaban J connectivity index is 0.994. The van der Waals surface area contributed by atoms with Gasteiger partial charge in [0.05, 0.1) is 33.4 Å². The first kappa shape index (κ1) is 34.4. The van der Waals surface area contributed by atoms with E-state index in [4.69, 9.17) is 14.6 Å². The third-order valence-corrected chi connectivity index (χ3v) is 12.4. The monoisotopic (exact) mass is 793 g/mol. The fourth-order valence-electron chi connectivity index (χ4n) is 9.71. The number of rotatable bonds is 6. The van der Waals surface area contributed by atoms with E-state index in [0.29, 0.717) is 0 Å². The third-order valence-electron chi connectivity index (χ3n) is 12.4. The average molecular weight is 794 g/mol. The Morgan fingerprint density at radius 3 is 1.68 bits per heavy atom. The van der Waals surface area contributed by atoms with Crippen molar-refractivity contribution < 1.29 is 4.42 Å². The number of fused-ring (bicyclic) bond motifs is 10. The minimum Gasteiger partial charge on any atom is -0.456 e. The van der Waals surface area contributed by atoms with Crippen LogP contribution in [0.3, 0.4) is 0 Å². The van der Waals surface area contributed by atoms with Crippen molar-refractivity contribution in [2.45, 2.75) is 0 Å². The van der Waals surface area contributed by atoms with Gasteiger partial charge in [0, 0.05) is 54.7 Å². The third kappa shape index (κ3) is 5.10. The fraction of sp³-hybridized carbons (Fsp3) is 0. The van der Waals surface area contributed by atoms with Crippen LogP contribution in [0, 0.1) is 0 Å². The van der Waals surface area contributed by atoms with Crippen LogP contribution in [-0.2, 0) is 0 Å². The molecule has 0 fully saturated rings. The number of hydrogen-bond donors (Lipinski definition) is 0. The normalized spacial score (nSPS) is 11.9. The van der Waals surface area contributed by atoms with Crippen molar-refractivity contribution >= 4 is 65.6 Å². The van der Waals surface area contributed by atoms with Crippen molar-refractivity contribution in [2.24, 2.45) is 0 Å². The van der Waals surface area contributed by atoms with E-state index >= 15 is 0 Å². The first-order valence-corrected chi connectivity index (χ1v) is 20.9. The topological polar surface area (TPSA) is 53.7 Å². The Labute approximate surface area is 355 Å². The van der Waals surface area contributed by atoms with Crippen molar-refractivity contribution in [3.8, 4) is 51.0 Å². The molecule has 4 heterocycles. The second-order valence-electron chi connectivity index (χ2n) is 15.8. The molecule has 9 aromatic carbocycles. The van der Waals surface area contributed by atoms with Gasteiger partial charge in [-0.1, -0.05) is 146 Å². The maximum atomic E-state index is 6.38. The molecule has 0 radical (unpaired) electrons. The predicted molar refractivity (Wildman–Crippen MR) is 254 cm³/mol. The standard InChI is InChI=1S/C56H35N5O/c1-3-16-36(17-4-1)55-57-58-56(37-18-5-2-6-19-37)60(55)40-30-31-49-45(35-40)42-23-8-12-27-47(42)59(49)39-21-15-20-38(34-39)41-22-7-11-26-46(41)61-48-28-13-9-24-43(48)53-50(61)32-33-52-54(53)44-25-10-14-29-51(44)62-52/h1-35H. The molecule has 0 aliphatic heterocycles. The number of para-hydroxylation sites is 4. The Hall–Kier alpha value is -8.48. The maximum Gasteiger partial charge on any atom is 0.168 e. The quantitative estimate of drug-likeness (QED) is 0.168. The van der Waals surface area contributed by atoms with Gasteiger partial charge < -0.3 is 13.6 Å². The number of aromatic nitrogens is 5. The molecule has 62 heavy (non-hydrogen) atoms. The van der Waals surface area contributed by atoms with E-state index < -0.39 is 0 Å². The van der Waals surface area contributed by atoms with Crippen molar-refractivity contribution in [2.75, 3.05) is 0 Å². The van der Waals surface area contributed by atoms with Crippen molar-refractivity contribution in [1.29, 1.82) is 0 Å². The first-order chi connectivity index (χ1) is 30.8. The van der Waals surface area contributed by atoms with Gasteiger partial charge in [-0.25, -0.2) is 0 Å². The van der Waals surface area contributed by atoms with E-state index in [-0.39, 0.29) is 0 Å². The molecule has 0 aliphatic carbocycles. The molecule has 0 saturated heterocycles. The van der Waals surface area contributed by atoms with Gasteiger partial charge in [-0.05, 0) is 72.3 Å². The number of nitrogens with zero attached hydrogens (tertiary/aromatic N) is 5. The van der Waals surface area contributed by atoms with Gasteiger partial charge in [0.25, 0.3) is 0 Å². The minimum absolute atomic E-state index is 0.796. The average Bonchev–Trinajstić information content (AvgIpc) is 4.11. The molecule has 13 aromatic rings. The summed E-state index contributed by atoms with van der Waals surface area (Å²) in [6, 6.07) is 75.2. The lowest BCUT2D eigenvalue weighted by molar-refractivity contribution is 0.669. The molecule has 290 valence electrons. The summed E-state index contributed by atoms with van der Waals surface area (Å²) in [6.07, 6.45) is 0. The van der Waals surface area contributed by atoms with Crippen molar-refractivity contribution in [3.63, 3.8) is 0 Å². The van der Waals surface area contributed by atoms with Crippen LogP contribution in [0.25, 0.3) is 117 Å². The molecule has 0 aliphatic rings. The van der Waals surface area contributed by atoms with Crippen LogP contribution in [-0.4, -0.2) is 23.9 Å². The summed E-state index contributed by atoms with van der Waals surface area (Å²) in [6.45, 7) is 0. The summed E-state index contributed by atoms with van der Waals surface area (Å²) >= 11 is 0. The molecular weight excluding hydrogens is 759 g/mol.